The third kappa shape index (κ3) is 2.70. The van der Waals surface area contributed by atoms with Gasteiger partial charge in [-0.15, -0.1) is 0 Å². The molecular formula is C18H17ClN2O2. The molecule has 0 bridgehead atoms. The fourth-order valence-corrected chi connectivity index (χ4v) is 3.04. The van der Waals surface area contributed by atoms with Crippen LogP contribution in [0.1, 0.15) is 24.5 Å². The van der Waals surface area contributed by atoms with Gasteiger partial charge in [0.2, 0.25) is 0 Å². The maximum Gasteiger partial charge on any atom is 0.325 e. The minimum Gasteiger partial charge on any atom is -0.319 e. The van der Waals surface area contributed by atoms with Crippen LogP contribution in [0.15, 0.2) is 54.6 Å². The van der Waals surface area contributed by atoms with Crippen molar-refractivity contribution in [2.45, 2.75) is 25.4 Å². The first-order chi connectivity index (χ1) is 11.1. The van der Waals surface area contributed by atoms with Gasteiger partial charge < -0.3 is 5.32 Å². The van der Waals surface area contributed by atoms with Gasteiger partial charge in [-0.3, -0.25) is 9.69 Å². The SMILES string of the molecule is CCC1(c2ccc(Cl)cc2)NC(=O)N(Cc2ccccc2)C1=O. The Bertz CT molecular complexity index is 730. The van der Waals surface area contributed by atoms with Crippen LogP contribution >= 0.6 is 11.6 Å². The van der Waals surface area contributed by atoms with Gasteiger partial charge in [0.1, 0.15) is 5.54 Å². The van der Waals surface area contributed by atoms with Gasteiger partial charge in [0.05, 0.1) is 6.54 Å². The van der Waals surface area contributed by atoms with Crippen LogP contribution in [-0.4, -0.2) is 16.8 Å². The third-order valence-electron chi connectivity index (χ3n) is 4.23. The molecule has 0 spiro atoms. The van der Waals surface area contributed by atoms with Gasteiger partial charge >= 0.3 is 6.03 Å². The summed E-state index contributed by atoms with van der Waals surface area (Å²) in [6.45, 7) is 2.15. The molecule has 1 saturated heterocycles. The van der Waals surface area contributed by atoms with E-state index in [1.165, 1.54) is 4.90 Å². The summed E-state index contributed by atoms with van der Waals surface area (Å²) in [4.78, 5) is 26.6. The van der Waals surface area contributed by atoms with Gasteiger partial charge in [0.15, 0.2) is 0 Å². The lowest BCUT2D eigenvalue weighted by Crippen LogP contribution is -2.43. The number of amides is 3. The average Bonchev–Trinajstić information content (AvgIpc) is 2.82. The molecule has 2 aromatic carbocycles. The van der Waals surface area contributed by atoms with E-state index in [2.05, 4.69) is 5.32 Å². The normalized spacial score (nSPS) is 20.7. The number of hydrogen-bond acceptors (Lipinski definition) is 2. The van der Waals surface area contributed by atoms with Crippen molar-refractivity contribution in [3.05, 3.63) is 70.7 Å². The van der Waals surface area contributed by atoms with Crippen molar-refractivity contribution in [1.82, 2.24) is 10.2 Å². The summed E-state index contributed by atoms with van der Waals surface area (Å²) in [6, 6.07) is 16.1. The zero-order valence-corrected chi connectivity index (χ0v) is 13.5. The lowest BCUT2D eigenvalue weighted by molar-refractivity contribution is -0.132. The second-order valence-electron chi connectivity index (χ2n) is 5.57. The van der Waals surface area contributed by atoms with Crippen LogP contribution in [0.4, 0.5) is 4.79 Å². The number of imide groups is 1. The first-order valence-electron chi connectivity index (χ1n) is 7.51. The zero-order chi connectivity index (χ0) is 16.4. The number of halogens is 1. The highest BCUT2D eigenvalue weighted by Crippen LogP contribution is 2.33. The molecule has 0 aliphatic carbocycles. The number of nitrogens with zero attached hydrogens (tertiary/aromatic N) is 1. The minimum absolute atomic E-state index is 0.226. The van der Waals surface area contributed by atoms with E-state index in [0.717, 1.165) is 11.1 Å². The minimum atomic E-state index is -1.02. The predicted octanol–water partition coefficient (Wildman–Crippen LogP) is 3.70. The van der Waals surface area contributed by atoms with Crippen LogP contribution in [0, 0.1) is 0 Å². The Balaban J connectivity index is 1.93. The molecule has 1 heterocycles. The zero-order valence-electron chi connectivity index (χ0n) is 12.8. The van der Waals surface area contributed by atoms with Gasteiger partial charge in [0, 0.05) is 5.02 Å². The van der Waals surface area contributed by atoms with E-state index < -0.39 is 5.54 Å². The summed E-state index contributed by atoms with van der Waals surface area (Å²) in [5.74, 6) is -0.226. The standard InChI is InChI=1S/C18H17ClN2O2/c1-2-18(14-8-10-15(19)11-9-14)16(22)21(17(23)20-18)12-13-6-4-3-5-7-13/h3-11H,2,12H2,1H3,(H,20,23). The van der Waals surface area contributed by atoms with E-state index >= 15 is 0 Å². The molecule has 1 fully saturated rings. The van der Waals surface area contributed by atoms with Crippen LogP contribution < -0.4 is 5.32 Å². The number of carbonyl (C=O) groups is 2. The van der Waals surface area contributed by atoms with Gasteiger partial charge in [0.25, 0.3) is 5.91 Å². The molecule has 1 aliphatic rings. The van der Waals surface area contributed by atoms with Crippen molar-refractivity contribution in [3.63, 3.8) is 0 Å². The highest BCUT2D eigenvalue weighted by Gasteiger charge is 2.51. The van der Waals surface area contributed by atoms with Crippen molar-refractivity contribution in [3.8, 4) is 0 Å². The highest BCUT2D eigenvalue weighted by molar-refractivity contribution is 6.30. The summed E-state index contributed by atoms with van der Waals surface area (Å²) in [7, 11) is 0. The van der Waals surface area contributed by atoms with Crippen molar-refractivity contribution in [1.29, 1.82) is 0 Å². The molecule has 5 heteroatoms. The summed E-state index contributed by atoms with van der Waals surface area (Å²) in [5, 5.41) is 3.46. The average molecular weight is 329 g/mol. The van der Waals surface area contributed by atoms with Crippen LogP contribution in [-0.2, 0) is 16.9 Å². The summed E-state index contributed by atoms with van der Waals surface area (Å²) in [6.07, 6.45) is 0.477. The molecule has 118 valence electrons. The molecule has 3 amide bonds. The molecule has 3 rings (SSSR count). The lowest BCUT2D eigenvalue weighted by atomic mass is 9.87. The number of benzene rings is 2. The summed E-state index contributed by atoms with van der Waals surface area (Å²) in [5.41, 5.74) is 0.647. The van der Waals surface area contributed by atoms with Crippen LogP contribution in [0.3, 0.4) is 0 Å². The van der Waals surface area contributed by atoms with Gasteiger partial charge in [-0.2, -0.15) is 0 Å². The monoisotopic (exact) mass is 328 g/mol. The van der Waals surface area contributed by atoms with E-state index in [1.54, 1.807) is 24.3 Å². The summed E-state index contributed by atoms with van der Waals surface area (Å²) < 4.78 is 0. The molecule has 0 saturated carbocycles. The molecular weight excluding hydrogens is 312 g/mol. The van der Waals surface area contributed by atoms with Crippen LogP contribution in [0.5, 0.6) is 0 Å². The second kappa shape index (κ2) is 6.05. The number of nitrogens with one attached hydrogen (secondary N) is 1. The maximum absolute atomic E-state index is 13.0. The fourth-order valence-electron chi connectivity index (χ4n) is 2.91. The van der Waals surface area contributed by atoms with E-state index in [1.807, 2.05) is 37.3 Å². The Morgan fingerprint density at radius 1 is 1.04 bits per heavy atom. The number of hydrogen-bond donors (Lipinski definition) is 1. The molecule has 0 aromatic heterocycles. The van der Waals surface area contributed by atoms with Crippen molar-refractivity contribution in [2.75, 3.05) is 0 Å². The Hall–Kier alpha value is -2.33. The van der Waals surface area contributed by atoms with Gasteiger partial charge in [-0.25, -0.2) is 4.79 Å². The number of rotatable bonds is 4. The molecule has 1 atom stereocenters. The van der Waals surface area contributed by atoms with Crippen molar-refractivity contribution < 1.29 is 9.59 Å². The smallest absolute Gasteiger partial charge is 0.319 e. The number of urea groups is 1. The largest absolute Gasteiger partial charge is 0.325 e. The van der Waals surface area contributed by atoms with Crippen LogP contribution in [0.2, 0.25) is 5.02 Å². The Kier molecular flexibility index (Phi) is 4.09. The van der Waals surface area contributed by atoms with Gasteiger partial charge in [-0.05, 0) is 29.7 Å². The quantitative estimate of drug-likeness (QED) is 0.870. The molecule has 1 N–H and O–H groups in total. The Morgan fingerprint density at radius 3 is 2.30 bits per heavy atom. The van der Waals surface area contributed by atoms with E-state index in [0.29, 0.717) is 11.4 Å². The topological polar surface area (TPSA) is 49.4 Å². The van der Waals surface area contributed by atoms with Gasteiger partial charge in [-0.1, -0.05) is 61.0 Å². The molecule has 1 unspecified atom stereocenters. The number of carbonyl (C=O) groups excluding carboxylic acids is 2. The lowest BCUT2D eigenvalue weighted by Gasteiger charge is -2.25. The first kappa shape index (κ1) is 15.6. The third-order valence-corrected chi connectivity index (χ3v) is 4.48. The Morgan fingerprint density at radius 2 is 1.70 bits per heavy atom. The highest BCUT2D eigenvalue weighted by atomic mass is 35.5. The van der Waals surface area contributed by atoms with Crippen LogP contribution in [0.25, 0.3) is 0 Å². The Labute approximate surface area is 140 Å². The van der Waals surface area contributed by atoms with Crippen molar-refractivity contribution >= 4 is 23.5 Å². The van der Waals surface area contributed by atoms with Crippen molar-refractivity contribution in [2.24, 2.45) is 0 Å². The van der Waals surface area contributed by atoms with E-state index in [-0.39, 0.29) is 18.5 Å². The molecule has 2 aromatic rings. The maximum atomic E-state index is 13.0. The molecule has 0 radical (unpaired) electrons. The molecule has 23 heavy (non-hydrogen) atoms. The fraction of sp³-hybridized carbons (Fsp3) is 0.222. The summed E-state index contributed by atoms with van der Waals surface area (Å²) >= 11 is 5.93. The van der Waals surface area contributed by atoms with E-state index in [4.69, 9.17) is 11.6 Å². The van der Waals surface area contributed by atoms with E-state index in [9.17, 15) is 9.59 Å². The molecule has 4 nitrogen and oxygen atoms in total. The predicted molar refractivity (Wildman–Crippen MR) is 88.9 cm³/mol. The first-order valence-corrected chi connectivity index (χ1v) is 7.88. The molecule has 1 aliphatic heterocycles. The second-order valence-corrected chi connectivity index (χ2v) is 6.01.